The molecule has 0 saturated carbocycles. The second kappa shape index (κ2) is 7.09. The predicted molar refractivity (Wildman–Crippen MR) is 65.5 cm³/mol. The minimum Gasteiger partial charge on any atom is -0.310 e. The molecule has 0 fully saturated rings. The molecule has 15 heavy (non-hydrogen) atoms. The van der Waals surface area contributed by atoms with Gasteiger partial charge in [-0.3, -0.25) is 0 Å². The van der Waals surface area contributed by atoms with Crippen molar-refractivity contribution >= 4 is 0 Å². The Labute approximate surface area is 92.9 Å². The van der Waals surface area contributed by atoms with Crippen LogP contribution in [0.4, 0.5) is 0 Å². The lowest BCUT2D eigenvalue weighted by Crippen LogP contribution is -2.20. The molecule has 0 aliphatic heterocycles. The largest absolute Gasteiger partial charge is 0.310 e. The number of hydrogen-bond acceptors (Lipinski definition) is 1. The van der Waals surface area contributed by atoms with Crippen LogP contribution in [0, 0.1) is 12.3 Å². The Morgan fingerprint density at radius 1 is 1.33 bits per heavy atom. The van der Waals surface area contributed by atoms with Crippen LogP contribution in [-0.2, 0) is 0 Å². The van der Waals surface area contributed by atoms with Gasteiger partial charge in [-0.2, -0.15) is 0 Å². The van der Waals surface area contributed by atoms with E-state index in [0.29, 0.717) is 6.04 Å². The molecule has 0 heterocycles. The second-order valence-corrected chi connectivity index (χ2v) is 3.62. The molecule has 1 N–H and O–H groups in total. The summed E-state index contributed by atoms with van der Waals surface area (Å²) < 4.78 is 0. The van der Waals surface area contributed by atoms with E-state index in [1.54, 1.807) is 0 Å². The van der Waals surface area contributed by atoms with Crippen molar-refractivity contribution in [2.24, 2.45) is 0 Å². The number of terminal acetylenes is 1. The van der Waals surface area contributed by atoms with Crippen molar-refractivity contribution in [3.63, 3.8) is 0 Å². The summed E-state index contributed by atoms with van der Waals surface area (Å²) in [6, 6.07) is 11.0. The highest BCUT2D eigenvalue weighted by Gasteiger charge is 2.08. The van der Waals surface area contributed by atoms with Crippen LogP contribution in [0.3, 0.4) is 0 Å². The van der Waals surface area contributed by atoms with Crippen molar-refractivity contribution in [3.8, 4) is 12.3 Å². The molecule has 1 aromatic rings. The summed E-state index contributed by atoms with van der Waals surface area (Å²) in [7, 11) is 0. The molecule has 80 valence electrons. The molecule has 1 unspecified atom stereocenters. The Bertz CT molecular complexity index is 297. The summed E-state index contributed by atoms with van der Waals surface area (Å²) in [5.74, 6) is 2.69. The molecule has 0 spiro atoms. The maximum atomic E-state index is 5.26. The van der Waals surface area contributed by atoms with Crippen LogP contribution < -0.4 is 5.32 Å². The van der Waals surface area contributed by atoms with Crippen LogP contribution in [0.25, 0.3) is 0 Å². The molecule has 1 atom stereocenters. The Balaban J connectivity index is 2.54. The lowest BCUT2D eigenvalue weighted by atomic mass is 10.0. The highest BCUT2D eigenvalue weighted by molar-refractivity contribution is 5.18. The van der Waals surface area contributed by atoms with Crippen molar-refractivity contribution in [3.05, 3.63) is 35.9 Å². The average Bonchev–Trinajstić information content (AvgIpc) is 2.29. The van der Waals surface area contributed by atoms with Crippen LogP contribution in [-0.4, -0.2) is 6.54 Å². The van der Waals surface area contributed by atoms with Crippen molar-refractivity contribution in [1.82, 2.24) is 5.32 Å². The van der Waals surface area contributed by atoms with Crippen molar-refractivity contribution in [1.29, 1.82) is 0 Å². The van der Waals surface area contributed by atoms with E-state index < -0.39 is 0 Å². The Kier molecular flexibility index (Phi) is 5.58. The van der Waals surface area contributed by atoms with Crippen LogP contribution in [0.2, 0.25) is 0 Å². The molecule has 0 aliphatic carbocycles. The fourth-order valence-corrected chi connectivity index (χ4v) is 1.73. The zero-order chi connectivity index (χ0) is 10.9. The van der Waals surface area contributed by atoms with Crippen LogP contribution in [0.5, 0.6) is 0 Å². The van der Waals surface area contributed by atoms with Gasteiger partial charge in [-0.1, -0.05) is 37.3 Å². The molecule has 1 aromatic carbocycles. The van der Waals surface area contributed by atoms with E-state index in [1.165, 1.54) is 5.56 Å². The fraction of sp³-hybridized carbons (Fsp3) is 0.429. The Morgan fingerprint density at radius 3 is 2.67 bits per heavy atom. The first-order chi connectivity index (χ1) is 7.38. The predicted octanol–water partition coefficient (Wildman–Crippen LogP) is 3.14. The van der Waals surface area contributed by atoms with E-state index in [9.17, 15) is 0 Å². The van der Waals surface area contributed by atoms with Gasteiger partial charge in [0.2, 0.25) is 0 Å². The van der Waals surface area contributed by atoms with Gasteiger partial charge in [0.15, 0.2) is 0 Å². The maximum absolute atomic E-state index is 5.26. The van der Waals surface area contributed by atoms with Gasteiger partial charge in [-0.15, -0.1) is 12.3 Å². The van der Waals surface area contributed by atoms with Crippen LogP contribution in [0.15, 0.2) is 30.3 Å². The minimum atomic E-state index is 0.449. The maximum Gasteiger partial charge on any atom is 0.0320 e. The lowest BCUT2D eigenvalue weighted by molar-refractivity contribution is 0.502. The van der Waals surface area contributed by atoms with Crippen molar-refractivity contribution in [2.75, 3.05) is 6.54 Å². The van der Waals surface area contributed by atoms with Gasteiger partial charge in [-0.25, -0.2) is 0 Å². The van der Waals surface area contributed by atoms with Gasteiger partial charge in [-0.05, 0) is 24.9 Å². The first-order valence-electron chi connectivity index (χ1n) is 5.60. The zero-order valence-corrected chi connectivity index (χ0v) is 9.37. The molecule has 1 heteroatoms. The third-order valence-corrected chi connectivity index (χ3v) is 2.47. The Morgan fingerprint density at radius 2 is 2.07 bits per heavy atom. The van der Waals surface area contributed by atoms with Gasteiger partial charge >= 0.3 is 0 Å². The summed E-state index contributed by atoms with van der Waals surface area (Å²) in [6.07, 6.45) is 8.33. The number of unbranched alkanes of at least 4 members (excludes halogenated alkanes) is 1. The van der Waals surface area contributed by atoms with Crippen molar-refractivity contribution < 1.29 is 0 Å². The van der Waals surface area contributed by atoms with Crippen LogP contribution in [0.1, 0.15) is 37.8 Å². The summed E-state index contributed by atoms with van der Waals surface area (Å²) >= 11 is 0. The SMILES string of the molecule is C#CCCCC(NCC)c1ccccc1. The fourth-order valence-electron chi connectivity index (χ4n) is 1.73. The first kappa shape index (κ1) is 11.8. The summed E-state index contributed by atoms with van der Waals surface area (Å²) in [4.78, 5) is 0. The molecule has 0 amide bonds. The van der Waals surface area contributed by atoms with E-state index >= 15 is 0 Å². The molecule has 0 radical (unpaired) electrons. The van der Waals surface area contributed by atoms with Gasteiger partial charge in [0, 0.05) is 12.5 Å². The van der Waals surface area contributed by atoms with E-state index in [0.717, 1.165) is 25.8 Å². The van der Waals surface area contributed by atoms with E-state index in [4.69, 9.17) is 6.42 Å². The summed E-state index contributed by atoms with van der Waals surface area (Å²) in [5.41, 5.74) is 1.36. The lowest BCUT2D eigenvalue weighted by Gasteiger charge is -2.17. The zero-order valence-electron chi connectivity index (χ0n) is 9.37. The number of rotatable bonds is 6. The van der Waals surface area contributed by atoms with E-state index in [1.807, 2.05) is 6.07 Å². The Hall–Kier alpha value is -1.26. The van der Waals surface area contributed by atoms with Gasteiger partial charge < -0.3 is 5.32 Å². The quantitative estimate of drug-likeness (QED) is 0.550. The molecular weight excluding hydrogens is 182 g/mol. The number of benzene rings is 1. The molecule has 0 bridgehead atoms. The van der Waals surface area contributed by atoms with Gasteiger partial charge in [0.1, 0.15) is 0 Å². The molecule has 1 rings (SSSR count). The molecule has 1 nitrogen and oxygen atoms in total. The first-order valence-corrected chi connectivity index (χ1v) is 5.60. The van der Waals surface area contributed by atoms with E-state index in [-0.39, 0.29) is 0 Å². The monoisotopic (exact) mass is 201 g/mol. The van der Waals surface area contributed by atoms with Gasteiger partial charge in [0.25, 0.3) is 0 Å². The molecule has 0 aliphatic rings. The minimum absolute atomic E-state index is 0.449. The normalized spacial score (nSPS) is 12.0. The van der Waals surface area contributed by atoms with Gasteiger partial charge in [0.05, 0.1) is 0 Å². The third-order valence-electron chi connectivity index (χ3n) is 2.47. The summed E-state index contributed by atoms with van der Waals surface area (Å²) in [5, 5.41) is 3.49. The third kappa shape index (κ3) is 4.18. The molecule has 0 aromatic heterocycles. The van der Waals surface area contributed by atoms with Crippen molar-refractivity contribution in [2.45, 2.75) is 32.2 Å². The number of hydrogen-bond donors (Lipinski definition) is 1. The highest BCUT2D eigenvalue weighted by atomic mass is 14.9. The topological polar surface area (TPSA) is 12.0 Å². The van der Waals surface area contributed by atoms with Crippen LogP contribution >= 0.6 is 0 Å². The second-order valence-electron chi connectivity index (χ2n) is 3.62. The standard InChI is InChI=1S/C14H19N/c1-3-5-7-12-14(15-4-2)13-10-8-6-9-11-13/h1,6,8-11,14-15H,4-5,7,12H2,2H3. The number of nitrogens with one attached hydrogen (secondary N) is 1. The highest BCUT2D eigenvalue weighted by Crippen LogP contribution is 2.18. The molecular formula is C14H19N. The smallest absolute Gasteiger partial charge is 0.0320 e. The average molecular weight is 201 g/mol. The van der Waals surface area contributed by atoms with E-state index in [2.05, 4.69) is 42.4 Å². The summed E-state index contributed by atoms with van der Waals surface area (Å²) in [6.45, 7) is 3.13. The molecule has 0 saturated heterocycles.